The van der Waals surface area contributed by atoms with Crippen LogP contribution in [-0.2, 0) is 9.53 Å². The van der Waals surface area contributed by atoms with Gasteiger partial charge >= 0.3 is 18.0 Å². The lowest BCUT2D eigenvalue weighted by Crippen LogP contribution is -2.45. The summed E-state index contributed by atoms with van der Waals surface area (Å²) in [5.41, 5.74) is 1.44. The van der Waals surface area contributed by atoms with Crippen LogP contribution in [0.15, 0.2) is 53.8 Å². The van der Waals surface area contributed by atoms with E-state index in [0.29, 0.717) is 41.5 Å². The van der Waals surface area contributed by atoms with Gasteiger partial charge < -0.3 is 14.8 Å². The van der Waals surface area contributed by atoms with Crippen molar-refractivity contribution in [1.82, 2.24) is 10.3 Å². The van der Waals surface area contributed by atoms with E-state index >= 15 is 0 Å². The molecule has 1 fully saturated rings. The van der Waals surface area contributed by atoms with Gasteiger partial charge in [0.25, 0.3) is 0 Å². The molecular weight excluding hydrogens is 434 g/mol. The number of ether oxygens (including phenoxy) is 2. The molecule has 178 valence electrons. The lowest BCUT2D eigenvalue weighted by Gasteiger charge is -2.31. The molecule has 2 unspecified atom stereocenters. The second-order valence-corrected chi connectivity index (χ2v) is 8.70. The third kappa shape index (κ3) is 5.68. The second kappa shape index (κ2) is 11.0. The van der Waals surface area contributed by atoms with Gasteiger partial charge in [-0.1, -0.05) is 38.3 Å². The minimum absolute atomic E-state index is 0.301. The maximum atomic E-state index is 13.2. The van der Waals surface area contributed by atoms with Gasteiger partial charge in [-0.2, -0.15) is 0 Å². The lowest BCUT2D eigenvalue weighted by molar-refractivity contribution is -0.148. The van der Waals surface area contributed by atoms with Crippen LogP contribution in [0.5, 0.6) is 5.75 Å². The summed E-state index contributed by atoms with van der Waals surface area (Å²) >= 11 is 0. The molecule has 0 bridgehead atoms. The Morgan fingerprint density at radius 3 is 2.68 bits per heavy atom. The third-order valence-corrected chi connectivity index (χ3v) is 6.34. The number of rotatable bonds is 7. The van der Waals surface area contributed by atoms with Gasteiger partial charge in [0.2, 0.25) is 0 Å². The minimum Gasteiger partial charge on any atom is -0.465 e. The van der Waals surface area contributed by atoms with Crippen LogP contribution < -0.4 is 10.1 Å². The summed E-state index contributed by atoms with van der Waals surface area (Å²) in [4.78, 5) is 45.9. The van der Waals surface area contributed by atoms with E-state index in [2.05, 4.69) is 15.3 Å². The fraction of sp³-hybridized carbons (Fsp3) is 0.423. The van der Waals surface area contributed by atoms with E-state index in [1.54, 1.807) is 42.6 Å². The van der Waals surface area contributed by atoms with Crippen molar-refractivity contribution in [3.8, 4) is 5.75 Å². The molecule has 2 aliphatic rings. The summed E-state index contributed by atoms with van der Waals surface area (Å²) in [7, 11) is 0. The number of hydrogen-bond acceptors (Lipinski definition) is 6. The van der Waals surface area contributed by atoms with Crippen LogP contribution in [-0.4, -0.2) is 35.3 Å². The van der Waals surface area contributed by atoms with Crippen molar-refractivity contribution in [3.05, 3.63) is 59.9 Å². The van der Waals surface area contributed by atoms with Gasteiger partial charge in [0.15, 0.2) is 0 Å². The predicted molar refractivity (Wildman–Crippen MR) is 126 cm³/mol. The number of aliphatic imine (C=N–C) groups is 1. The molecule has 2 amide bonds. The van der Waals surface area contributed by atoms with E-state index in [4.69, 9.17) is 9.47 Å². The first-order valence-corrected chi connectivity index (χ1v) is 11.8. The number of pyridine rings is 1. The van der Waals surface area contributed by atoms with Crippen molar-refractivity contribution < 1.29 is 23.9 Å². The zero-order chi connectivity index (χ0) is 23.9. The van der Waals surface area contributed by atoms with Crippen molar-refractivity contribution >= 4 is 23.7 Å². The maximum absolute atomic E-state index is 13.2. The number of nitrogens with one attached hydrogen (secondary N) is 1. The molecule has 2 heterocycles. The molecule has 1 N–H and O–H groups in total. The fourth-order valence-electron chi connectivity index (χ4n) is 4.55. The largest absolute Gasteiger partial charge is 0.465 e. The standard InChI is InChI=1S/C26H29N3O5/c1-2-21-22(25(31)33-16-17-8-4-3-5-9-17)23(29-26(32)28-21)18-10-6-12-20(14-18)34-24(30)19-11-7-13-27-15-19/h6-7,10-15,17,22-23H,2-5,8-9,16H2,1H3,(H,29,32). The van der Waals surface area contributed by atoms with Crippen molar-refractivity contribution in [3.63, 3.8) is 0 Å². The van der Waals surface area contributed by atoms with E-state index in [1.807, 2.05) is 6.92 Å². The smallest absolute Gasteiger partial charge is 0.345 e. The Morgan fingerprint density at radius 1 is 1.12 bits per heavy atom. The SMILES string of the molecule is CCC1=NC(=O)NC(c2cccc(OC(=O)c3cccnc3)c2)C1C(=O)OCC1CCCCC1. The summed E-state index contributed by atoms with van der Waals surface area (Å²) in [6.07, 6.45) is 9.14. The number of urea groups is 1. The van der Waals surface area contributed by atoms with E-state index in [-0.39, 0.29) is 0 Å². The molecule has 4 rings (SSSR count). The molecule has 0 saturated heterocycles. The molecule has 0 spiro atoms. The molecule has 1 saturated carbocycles. The topological polar surface area (TPSA) is 107 Å². The van der Waals surface area contributed by atoms with Crippen LogP contribution in [0.1, 0.15) is 67.4 Å². The highest BCUT2D eigenvalue weighted by Gasteiger charge is 2.39. The summed E-state index contributed by atoms with van der Waals surface area (Å²) in [5.74, 6) is -0.997. The van der Waals surface area contributed by atoms with Crippen molar-refractivity contribution in [2.24, 2.45) is 16.8 Å². The number of hydrogen-bond donors (Lipinski definition) is 1. The molecule has 8 nitrogen and oxygen atoms in total. The first-order chi connectivity index (χ1) is 16.5. The molecule has 1 aliphatic heterocycles. The van der Waals surface area contributed by atoms with Gasteiger partial charge in [-0.05, 0) is 55.0 Å². The van der Waals surface area contributed by atoms with Crippen LogP contribution in [0.3, 0.4) is 0 Å². The number of esters is 2. The quantitative estimate of drug-likeness (QED) is 0.473. The molecule has 1 aromatic carbocycles. The van der Waals surface area contributed by atoms with Gasteiger partial charge in [-0.15, -0.1) is 0 Å². The lowest BCUT2D eigenvalue weighted by atomic mass is 9.86. The highest BCUT2D eigenvalue weighted by Crippen LogP contribution is 2.32. The fourth-order valence-corrected chi connectivity index (χ4v) is 4.55. The van der Waals surface area contributed by atoms with E-state index < -0.39 is 29.9 Å². The van der Waals surface area contributed by atoms with Crippen LogP contribution in [0.25, 0.3) is 0 Å². The van der Waals surface area contributed by atoms with E-state index in [0.717, 1.165) is 25.7 Å². The first kappa shape index (κ1) is 23.6. The number of aromatic nitrogens is 1. The Hall–Kier alpha value is -3.55. The molecule has 8 heteroatoms. The van der Waals surface area contributed by atoms with Crippen LogP contribution in [0.2, 0.25) is 0 Å². The Morgan fingerprint density at radius 2 is 1.94 bits per heavy atom. The number of benzene rings is 1. The molecular formula is C26H29N3O5. The van der Waals surface area contributed by atoms with Gasteiger partial charge in [0, 0.05) is 18.1 Å². The number of carbonyl (C=O) groups is 3. The first-order valence-electron chi connectivity index (χ1n) is 11.8. The van der Waals surface area contributed by atoms with Gasteiger partial charge in [0.05, 0.1) is 18.2 Å². The van der Waals surface area contributed by atoms with Crippen molar-refractivity contribution in [2.45, 2.75) is 51.5 Å². The zero-order valence-corrected chi connectivity index (χ0v) is 19.2. The average molecular weight is 464 g/mol. The number of carbonyl (C=O) groups excluding carboxylic acids is 3. The third-order valence-electron chi connectivity index (χ3n) is 6.34. The summed E-state index contributed by atoms with van der Waals surface area (Å²) in [6, 6.07) is 8.89. The zero-order valence-electron chi connectivity index (χ0n) is 19.2. The summed E-state index contributed by atoms with van der Waals surface area (Å²) < 4.78 is 11.2. The van der Waals surface area contributed by atoms with Crippen LogP contribution in [0.4, 0.5) is 4.79 Å². The van der Waals surface area contributed by atoms with Crippen LogP contribution in [0, 0.1) is 11.8 Å². The highest BCUT2D eigenvalue weighted by molar-refractivity contribution is 6.09. The molecule has 1 aromatic heterocycles. The average Bonchev–Trinajstić information content (AvgIpc) is 2.88. The molecule has 1 aliphatic carbocycles. The van der Waals surface area contributed by atoms with E-state index in [1.165, 1.54) is 12.6 Å². The second-order valence-electron chi connectivity index (χ2n) is 8.70. The normalized spacial score (nSPS) is 20.7. The number of nitrogens with zero attached hydrogens (tertiary/aromatic N) is 2. The summed E-state index contributed by atoms with van der Waals surface area (Å²) in [6.45, 7) is 2.25. The van der Waals surface area contributed by atoms with Gasteiger partial charge in [-0.25, -0.2) is 14.6 Å². The maximum Gasteiger partial charge on any atom is 0.345 e. The Bertz CT molecular complexity index is 1060. The van der Waals surface area contributed by atoms with Crippen LogP contribution >= 0.6 is 0 Å². The van der Waals surface area contributed by atoms with Gasteiger partial charge in [-0.3, -0.25) is 9.78 Å². The van der Waals surface area contributed by atoms with Gasteiger partial charge in [0.1, 0.15) is 11.7 Å². The summed E-state index contributed by atoms with van der Waals surface area (Å²) in [5, 5.41) is 2.80. The van der Waals surface area contributed by atoms with Crippen molar-refractivity contribution in [1.29, 1.82) is 0 Å². The van der Waals surface area contributed by atoms with E-state index in [9.17, 15) is 14.4 Å². The Balaban J connectivity index is 1.53. The Kier molecular flexibility index (Phi) is 7.67. The molecule has 34 heavy (non-hydrogen) atoms. The number of amides is 2. The minimum atomic E-state index is -0.740. The predicted octanol–water partition coefficient (Wildman–Crippen LogP) is 4.66. The molecule has 0 radical (unpaired) electrons. The molecule has 2 aromatic rings. The highest BCUT2D eigenvalue weighted by atomic mass is 16.5. The monoisotopic (exact) mass is 463 g/mol. The Labute approximate surface area is 198 Å². The van der Waals surface area contributed by atoms with Crippen molar-refractivity contribution in [2.75, 3.05) is 6.61 Å². The molecule has 2 atom stereocenters.